The summed E-state index contributed by atoms with van der Waals surface area (Å²) >= 11 is 0. The van der Waals surface area contributed by atoms with Gasteiger partial charge in [0.05, 0.1) is 24.7 Å². The Morgan fingerprint density at radius 1 is 0.892 bits per heavy atom. The highest BCUT2D eigenvalue weighted by Gasteiger charge is 2.53. The van der Waals surface area contributed by atoms with Gasteiger partial charge in [-0.1, -0.05) is 118 Å². The molecular formula is C32H39NO3Si. The van der Waals surface area contributed by atoms with E-state index in [0.717, 1.165) is 5.56 Å². The minimum Gasteiger partial charge on any atom is -0.406 e. The number of ether oxygens (including phenoxy) is 1. The van der Waals surface area contributed by atoms with Crippen molar-refractivity contribution < 1.29 is 14.0 Å². The van der Waals surface area contributed by atoms with Crippen LogP contribution in [0.1, 0.15) is 32.8 Å². The highest BCUT2D eigenvalue weighted by Crippen LogP contribution is 2.38. The number of hydrogen-bond donors (Lipinski definition) is 0. The van der Waals surface area contributed by atoms with Crippen molar-refractivity contribution in [1.29, 1.82) is 0 Å². The number of hydrogen-bond acceptors (Lipinski definition) is 3. The Morgan fingerprint density at radius 2 is 1.41 bits per heavy atom. The van der Waals surface area contributed by atoms with Gasteiger partial charge in [-0.3, -0.25) is 4.79 Å². The number of carbonyl (C=O) groups excluding carboxylic acids is 1. The van der Waals surface area contributed by atoms with Gasteiger partial charge in [-0.25, -0.2) is 0 Å². The maximum Gasteiger partial charge on any atom is 0.261 e. The predicted molar refractivity (Wildman–Crippen MR) is 153 cm³/mol. The van der Waals surface area contributed by atoms with Crippen LogP contribution in [0.4, 0.5) is 0 Å². The Hall–Kier alpha value is -2.99. The molecule has 0 radical (unpaired) electrons. The second-order valence-electron chi connectivity index (χ2n) is 10.9. The lowest BCUT2D eigenvalue weighted by atomic mass is 10.00. The predicted octanol–water partition coefficient (Wildman–Crippen LogP) is 5.18. The van der Waals surface area contributed by atoms with Crippen LogP contribution in [0.15, 0.2) is 104 Å². The van der Waals surface area contributed by atoms with Gasteiger partial charge in [-0.2, -0.15) is 0 Å². The molecule has 1 amide bonds. The fraction of sp³-hybridized carbons (Fsp3) is 0.344. The zero-order valence-electron chi connectivity index (χ0n) is 22.5. The van der Waals surface area contributed by atoms with Gasteiger partial charge in [-0.05, 0) is 27.4 Å². The summed E-state index contributed by atoms with van der Waals surface area (Å²) in [5.41, 5.74) is 1.09. The highest BCUT2D eigenvalue weighted by atomic mass is 28.4. The van der Waals surface area contributed by atoms with Crippen LogP contribution in [0.2, 0.25) is 5.04 Å². The maximum atomic E-state index is 13.6. The first kappa shape index (κ1) is 27.1. The van der Waals surface area contributed by atoms with Gasteiger partial charge in [0, 0.05) is 13.7 Å². The summed E-state index contributed by atoms with van der Waals surface area (Å²) in [5, 5.41) is 2.25. The molecule has 1 aliphatic heterocycles. The molecule has 0 aliphatic carbocycles. The van der Waals surface area contributed by atoms with Crippen LogP contribution in [0.5, 0.6) is 0 Å². The van der Waals surface area contributed by atoms with Crippen LogP contribution in [-0.2, 0) is 20.6 Å². The van der Waals surface area contributed by atoms with Crippen LogP contribution < -0.4 is 10.4 Å². The maximum absolute atomic E-state index is 13.6. The van der Waals surface area contributed by atoms with E-state index in [2.05, 4.69) is 88.0 Å². The van der Waals surface area contributed by atoms with Crippen molar-refractivity contribution in [3.63, 3.8) is 0 Å². The van der Waals surface area contributed by atoms with Crippen LogP contribution >= 0.6 is 0 Å². The molecule has 37 heavy (non-hydrogen) atoms. The van der Waals surface area contributed by atoms with E-state index in [4.69, 9.17) is 9.16 Å². The molecule has 1 heterocycles. The topological polar surface area (TPSA) is 38.8 Å². The summed E-state index contributed by atoms with van der Waals surface area (Å²) in [6, 6.07) is 31.2. The number of nitrogens with zero attached hydrogens (tertiary/aromatic N) is 1. The first-order valence-electron chi connectivity index (χ1n) is 13.1. The molecule has 5 heteroatoms. The summed E-state index contributed by atoms with van der Waals surface area (Å²) in [5.74, 6) is -0.317. The lowest BCUT2D eigenvalue weighted by Gasteiger charge is -2.43. The largest absolute Gasteiger partial charge is 0.406 e. The second kappa shape index (κ2) is 11.6. The molecule has 0 aromatic heterocycles. The summed E-state index contributed by atoms with van der Waals surface area (Å²) in [4.78, 5) is 15.4. The Bertz CT molecular complexity index is 1120. The SMILES string of the molecule is C=CC[C@H]1[C@H](OCc2ccccc2)[C@@H](CO[Si](c2ccccc2)(c2ccccc2)C(C)(C)C)C(=O)N1C. The van der Waals surface area contributed by atoms with Gasteiger partial charge < -0.3 is 14.1 Å². The molecule has 0 saturated carbocycles. The van der Waals surface area contributed by atoms with Gasteiger partial charge >= 0.3 is 0 Å². The molecule has 1 aliphatic rings. The zero-order valence-corrected chi connectivity index (χ0v) is 23.5. The number of rotatable bonds is 10. The monoisotopic (exact) mass is 513 g/mol. The normalized spacial score (nSPS) is 20.3. The molecule has 0 bridgehead atoms. The van der Waals surface area contributed by atoms with Crippen LogP contribution in [0.25, 0.3) is 0 Å². The molecule has 194 valence electrons. The summed E-state index contributed by atoms with van der Waals surface area (Å²) in [6.45, 7) is 11.5. The van der Waals surface area contributed by atoms with Crippen molar-refractivity contribution in [2.45, 2.75) is 51.0 Å². The second-order valence-corrected chi connectivity index (χ2v) is 15.2. The van der Waals surface area contributed by atoms with E-state index >= 15 is 0 Å². The fourth-order valence-corrected chi connectivity index (χ4v) is 10.2. The quantitative estimate of drug-likeness (QED) is 0.277. The summed E-state index contributed by atoms with van der Waals surface area (Å²) in [6.07, 6.45) is 2.27. The van der Waals surface area contributed by atoms with Crippen molar-refractivity contribution >= 4 is 24.6 Å². The van der Waals surface area contributed by atoms with Crippen LogP contribution in [-0.4, -0.2) is 44.9 Å². The molecule has 3 aromatic rings. The molecule has 4 nitrogen and oxygen atoms in total. The molecule has 3 atom stereocenters. The lowest BCUT2D eigenvalue weighted by molar-refractivity contribution is -0.132. The Kier molecular flexibility index (Phi) is 8.48. The van der Waals surface area contributed by atoms with E-state index in [0.29, 0.717) is 19.6 Å². The van der Waals surface area contributed by atoms with Crippen LogP contribution in [0.3, 0.4) is 0 Å². The number of benzene rings is 3. The number of carbonyl (C=O) groups is 1. The fourth-order valence-electron chi connectivity index (χ4n) is 5.65. The molecule has 4 rings (SSSR count). The van der Waals surface area contributed by atoms with Crippen molar-refractivity contribution in [2.24, 2.45) is 5.92 Å². The van der Waals surface area contributed by atoms with Gasteiger partial charge in [0.1, 0.15) is 0 Å². The molecule has 0 spiro atoms. The van der Waals surface area contributed by atoms with Crippen molar-refractivity contribution in [3.05, 3.63) is 109 Å². The Morgan fingerprint density at radius 3 is 1.89 bits per heavy atom. The highest BCUT2D eigenvalue weighted by molar-refractivity contribution is 6.99. The number of likely N-dealkylation sites (N-methyl/N-ethyl adjacent to an activating group) is 1. The molecule has 1 saturated heterocycles. The third-order valence-electron chi connectivity index (χ3n) is 7.53. The molecule has 1 fully saturated rings. The molecule has 0 unspecified atom stereocenters. The van der Waals surface area contributed by atoms with Gasteiger partial charge in [-0.15, -0.1) is 6.58 Å². The zero-order chi connectivity index (χ0) is 26.5. The average molecular weight is 514 g/mol. The smallest absolute Gasteiger partial charge is 0.261 e. The lowest BCUT2D eigenvalue weighted by Crippen LogP contribution is -2.67. The Labute approximate surface area is 223 Å². The van der Waals surface area contributed by atoms with Crippen molar-refractivity contribution in [3.8, 4) is 0 Å². The average Bonchev–Trinajstić information content (AvgIpc) is 3.13. The van der Waals surface area contributed by atoms with E-state index < -0.39 is 8.32 Å². The third kappa shape index (κ3) is 5.49. The van der Waals surface area contributed by atoms with Crippen molar-refractivity contribution in [1.82, 2.24) is 4.90 Å². The molecule has 3 aromatic carbocycles. The van der Waals surface area contributed by atoms with E-state index in [1.807, 2.05) is 48.4 Å². The van der Waals surface area contributed by atoms with E-state index in [9.17, 15) is 4.79 Å². The van der Waals surface area contributed by atoms with Gasteiger partial charge in [0.2, 0.25) is 5.91 Å². The van der Waals surface area contributed by atoms with Gasteiger partial charge in [0.15, 0.2) is 0 Å². The first-order valence-corrected chi connectivity index (χ1v) is 15.0. The Balaban J connectivity index is 1.70. The van der Waals surface area contributed by atoms with E-state index in [-0.39, 0.29) is 29.0 Å². The number of likely N-dealkylation sites (tertiary alicyclic amines) is 1. The molecular weight excluding hydrogens is 474 g/mol. The van der Waals surface area contributed by atoms with Crippen molar-refractivity contribution in [2.75, 3.05) is 13.7 Å². The van der Waals surface area contributed by atoms with Gasteiger partial charge in [0.25, 0.3) is 8.32 Å². The van der Waals surface area contributed by atoms with Crippen LogP contribution in [0, 0.1) is 5.92 Å². The summed E-state index contributed by atoms with van der Waals surface area (Å²) < 4.78 is 13.7. The van der Waals surface area contributed by atoms with E-state index in [1.54, 1.807) is 0 Å². The minimum atomic E-state index is -2.77. The molecule has 0 N–H and O–H groups in total. The third-order valence-corrected chi connectivity index (χ3v) is 12.5. The van der Waals surface area contributed by atoms with E-state index in [1.165, 1.54) is 10.4 Å². The number of amides is 1. The summed E-state index contributed by atoms with van der Waals surface area (Å²) in [7, 11) is -0.899. The standard InChI is InChI=1S/C32H39NO3Si/c1-6-16-29-30(35-23-25-17-10-7-11-18-25)28(31(34)33(29)5)24-36-37(32(2,3)4,26-19-12-8-13-20-26)27-21-14-9-15-22-27/h6-15,17-22,28-30H,1,16,23-24H2,2-5H3/t28-,29+,30-/m1/s1. The first-order chi connectivity index (χ1) is 17.8. The minimum absolute atomic E-state index is 0.0681.